The van der Waals surface area contributed by atoms with Gasteiger partial charge in [-0.05, 0) is 6.92 Å². The summed E-state index contributed by atoms with van der Waals surface area (Å²) >= 11 is 0. The summed E-state index contributed by atoms with van der Waals surface area (Å²) in [5, 5.41) is 15.0. The van der Waals surface area contributed by atoms with Gasteiger partial charge in [-0.15, -0.1) is 0 Å². The van der Waals surface area contributed by atoms with Gasteiger partial charge in [0.1, 0.15) is 11.4 Å². The number of nitrogens with zero attached hydrogens (tertiary/aromatic N) is 2. The second-order valence-corrected chi connectivity index (χ2v) is 2.45. The van der Waals surface area contributed by atoms with Crippen molar-refractivity contribution >= 4 is 11.8 Å². The van der Waals surface area contributed by atoms with Gasteiger partial charge in [-0.3, -0.25) is 5.10 Å². The van der Waals surface area contributed by atoms with Crippen molar-refractivity contribution in [3.63, 3.8) is 0 Å². The van der Waals surface area contributed by atoms with E-state index in [0.717, 1.165) is 6.54 Å². The van der Waals surface area contributed by atoms with Crippen molar-refractivity contribution < 1.29 is 9.90 Å². The average Bonchev–Trinajstić information content (AvgIpc) is 2.50. The number of rotatable bonds is 3. The molecule has 2 N–H and O–H groups in total. The van der Waals surface area contributed by atoms with E-state index in [0.29, 0.717) is 5.82 Å². The highest BCUT2D eigenvalue weighted by molar-refractivity contribution is 5.92. The van der Waals surface area contributed by atoms with Gasteiger partial charge < -0.3 is 10.0 Å². The smallest absolute Gasteiger partial charge is 0.341 e. The summed E-state index contributed by atoms with van der Waals surface area (Å²) in [4.78, 5) is 12.4. The molecule has 1 aromatic rings. The molecule has 5 nitrogen and oxygen atoms in total. The Morgan fingerprint density at radius 1 is 1.83 bits per heavy atom. The molecule has 1 rings (SSSR count). The highest BCUT2D eigenvalue weighted by Crippen LogP contribution is 2.14. The summed E-state index contributed by atoms with van der Waals surface area (Å²) in [6.45, 7) is 2.68. The number of aromatic nitrogens is 2. The van der Waals surface area contributed by atoms with E-state index >= 15 is 0 Å². The molecule has 1 heterocycles. The first-order valence-corrected chi connectivity index (χ1v) is 3.64. The van der Waals surface area contributed by atoms with E-state index in [4.69, 9.17) is 5.11 Å². The summed E-state index contributed by atoms with van der Waals surface area (Å²) in [6.07, 6.45) is 1.31. The number of aromatic amines is 1. The zero-order valence-corrected chi connectivity index (χ0v) is 7.03. The predicted octanol–water partition coefficient (Wildman–Crippen LogP) is 0.564. The van der Waals surface area contributed by atoms with E-state index in [1.165, 1.54) is 6.20 Å². The van der Waals surface area contributed by atoms with Gasteiger partial charge in [0.15, 0.2) is 0 Å². The number of anilines is 1. The van der Waals surface area contributed by atoms with Crippen molar-refractivity contribution in [1.29, 1.82) is 0 Å². The molecule has 0 amide bonds. The fraction of sp³-hybridized carbons (Fsp3) is 0.429. The third-order valence-electron chi connectivity index (χ3n) is 1.71. The van der Waals surface area contributed by atoms with Crippen molar-refractivity contribution in [2.24, 2.45) is 0 Å². The van der Waals surface area contributed by atoms with E-state index in [2.05, 4.69) is 10.2 Å². The van der Waals surface area contributed by atoms with Crippen molar-refractivity contribution in [3.8, 4) is 0 Å². The van der Waals surface area contributed by atoms with Crippen molar-refractivity contribution in [1.82, 2.24) is 10.2 Å². The predicted molar refractivity (Wildman–Crippen MR) is 44.5 cm³/mol. The summed E-state index contributed by atoms with van der Waals surface area (Å²) in [7, 11) is 1.81. The Kier molecular flexibility index (Phi) is 2.32. The fourth-order valence-electron chi connectivity index (χ4n) is 0.885. The van der Waals surface area contributed by atoms with Gasteiger partial charge in [-0.25, -0.2) is 4.79 Å². The molecular formula is C7H11N3O2. The SMILES string of the molecule is CCN(C)c1[nH]ncc1C(=O)O. The summed E-state index contributed by atoms with van der Waals surface area (Å²) in [5.74, 6) is -0.413. The van der Waals surface area contributed by atoms with Gasteiger partial charge in [0.05, 0.1) is 6.20 Å². The molecule has 12 heavy (non-hydrogen) atoms. The van der Waals surface area contributed by atoms with Crippen LogP contribution in [0.1, 0.15) is 17.3 Å². The molecule has 0 bridgehead atoms. The molecule has 0 radical (unpaired) electrons. The quantitative estimate of drug-likeness (QED) is 0.693. The molecule has 0 aromatic carbocycles. The lowest BCUT2D eigenvalue weighted by molar-refractivity contribution is 0.0697. The summed E-state index contributed by atoms with van der Waals surface area (Å²) in [5.41, 5.74) is 0.208. The first-order valence-electron chi connectivity index (χ1n) is 3.64. The standard InChI is InChI=1S/C7H11N3O2/c1-3-10(2)6-5(7(11)12)4-8-9-6/h4H,3H2,1-2H3,(H,8,9)(H,11,12). The largest absolute Gasteiger partial charge is 0.477 e. The fourth-order valence-corrected chi connectivity index (χ4v) is 0.885. The number of hydrogen-bond donors (Lipinski definition) is 2. The molecule has 0 aliphatic rings. The van der Waals surface area contributed by atoms with Crippen LogP contribution < -0.4 is 4.90 Å². The molecule has 5 heteroatoms. The minimum atomic E-state index is -0.959. The Morgan fingerprint density at radius 3 is 3.00 bits per heavy atom. The van der Waals surface area contributed by atoms with Crippen LogP contribution in [0.2, 0.25) is 0 Å². The van der Waals surface area contributed by atoms with Gasteiger partial charge in [0.2, 0.25) is 0 Å². The Bertz CT molecular complexity index is 282. The molecule has 0 spiro atoms. The Morgan fingerprint density at radius 2 is 2.50 bits per heavy atom. The van der Waals surface area contributed by atoms with Crippen LogP contribution in [0.4, 0.5) is 5.82 Å². The highest BCUT2D eigenvalue weighted by atomic mass is 16.4. The van der Waals surface area contributed by atoms with Gasteiger partial charge in [-0.2, -0.15) is 5.10 Å². The number of H-pyrrole nitrogens is 1. The van der Waals surface area contributed by atoms with Gasteiger partial charge in [-0.1, -0.05) is 0 Å². The number of hydrogen-bond acceptors (Lipinski definition) is 3. The number of carboxylic acid groups (broad SMARTS) is 1. The van der Waals surface area contributed by atoms with E-state index in [1.54, 1.807) is 11.9 Å². The maximum atomic E-state index is 10.6. The molecule has 66 valence electrons. The van der Waals surface area contributed by atoms with Crippen molar-refractivity contribution in [2.75, 3.05) is 18.5 Å². The minimum absolute atomic E-state index is 0.208. The molecule has 0 aliphatic heterocycles. The van der Waals surface area contributed by atoms with Crippen molar-refractivity contribution in [2.45, 2.75) is 6.92 Å². The first-order chi connectivity index (χ1) is 5.66. The van der Waals surface area contributed by atoms with Crippen molar-refractivity contribution in [3.05, 3.63) is 11.8 Å². The maximum Gasteiger partial charge on any atom is 0.341 e. The van der Waals surface area contributed by atoms with Gasteiger partial charge in [0.25, 0.3) is 0 Å². The average molecular weight is 169 g/mol. The van der Waals surface area contributed by atoms with Crippen LogP contribution in [0.15, 0.2) is 6.20 Å². The molecule has 0 atom stereocenters. The normalized spacial score (nSPS) is 9.83. The third kappa shape index (κ3) is 1.39. The van der Waals surface area contributed by atoms with Crippen LogP contribution in [0, 0.1) is 0 Å². The van der Waals surface area contributed by atoms with Gasteiger partial charge >= 0.3 is 5.97 Å². The Labute approximate surface area is 70.0 Å². The zero-order chi connectivity index (χ0) is 9.14. The van der Waals surface area contributed by atoms with Crippen LogP contribution in [-0.2, 0) is 0 Å². The van der Waals surface area contributed by atoms with E-state index < -0.39 is 5.97 Å². The molecular weight excluding hydrogens is 158 g/mol. The zero-order valence-electron chi connectivity index (χ0n) is 7.03. The van der Waals surface area contributed by atoms with Gasteiger partial charge in [0, 0.05) is 13.6 Å². The number of aromatic carboxylic acids is 1. The van der Waals surface area contributed by atoms with Crippen LogP contribution in [0.5, 0.6) is 0 Å². The molecule has 0 aliphatic carbocycles. The molecule has 0 unspecified atom stereocenters. The maximum absolute atomic E-state index is 10.6. The number of nitrogens with one attached hydrogen (secondary N) is 1. The molecule has 0 saturated carbocycles. The number of carboxylic acids is 1. The second kappa shape index (κ2) is 3.25. The Hall–Kier alpha value is -1.52. The molecule has 0 saturated heterocycles. The summed E-state index contributed by atoms with van der Waals surface area (Å²) < 4.78 is 0. The highest BCUT2D eigenvalue weighted by Gasteiger charge is 2.14. The van der Waals surface area contributed by atoms with E-state index in [9.17, 15) is 4.79 Å². The molecule has 1 aromatic heterocycles. The lowest BCUT2D eigenvalue weighted by Gasteiger charge is -2.14. The monoisotopic (exact) mass is 169 g/mol. The first kappa shape index (κ1) is 8.58. The van der Waals surface area contributed by atoms with Crippen LogP contribution in [0.25, 0.3) is 0 Å². The lowest BCUT2D eigenvalue weighted by atomic mass is 10.3. The summed E-state index contributed by atoms with van der Waals surface area (Å²) in [6, 6.07) is 0. The molecule has 0 fully saturated rings. The van der Waals surface area contributed by atoms with Crippen LogP contribution >= 0.6 is 0 Å². The van der Waals surface area contributed by atoms with E-state index in [-0.39, 0.29) is 5.56 Å². The third-order valence-corrected chi connectivity index (χ3v) is 1.71. The van der Waals surface area contributed by atoms with Crippen LogP contribution in [-0.4, -0.2) is 34.9 Å². The topological polar surface area (TPSA) is 69.2 Å². The Balaban J connectivity index is 2.98. The minimum Gasteiger partial charge on any atom is -0.477 e. The number of carbonyl (C=O) groups is 1. The second-order valence-electron chi connectivity index (χ2n) is 2.45. The van der Waals surface area contributed by atoms with Crippen LogP contribution in [0.3, 0.4) is 0 Å². The lowest BCUT2D eigenvalue weighted by Crippen LogP contribution is -2.18. The van der Waals surface area contributed by atoms with E-state index in [1.807, 2.05) is 6.92 Å².